The van der Waals surface area contributed by atoms with Gasteiger partial charge < -0.3 is 19.9 Å². The Morgan fingerprint density at radius 2 is 2.26 bits per heavy atom. The summed E-state index contributed by atoms with van der Waals surface area (Å²) in [6.45, 7) is 3.46. The molecular formula is C18H25IN6O2. The lowest BCUT2D eigenvalue weighted by molar-refractivity contribution is 0.0992. The monoisotopic (exact) mass is 484 g/mol. The Hall–Kier alpha value is -1.75. The standard InChI is InChI=1S/C18H24N6O2.HI/c1-2-19-18(22-14-11-12-6-7-15(14)25-12)21-10-8-16-23-17(26-24-16)13-5-3-4-9-20-13;/h3-5,9,12,14-15H,2,6-8,10-11H2,1H3,(H2,19,21,22);1H. The molecule has 0 spiro atoms. The summed E-state index contributed by atoms with van der Waals surface area (Å²) in [6, 6.07) is 5.95. The van der Waals surface area contributed by atoms with Gasteiger partial charge in [-0.05, 0) is 38.3 Å². The van der Waals surface area contributed by atoms with Crippen molar-refractivity contribution in [2.24, 2.45) is 4.99 Å². The van der Waals surface area contributed by atoms with Crippen molar-refractivity contribution in [2.45, 2.75) is 50.9 Å². The maximum Gasteiger partial charge on any atom is 0.276 e. The van der Waals surface area contributed by atoms with E-state index < -0.39 is 0 Å². The second-order valence-corrected chi connectivity index (χ2v) is 6.60. The van der Waals surface area contributed by atoms with Gasteiger partial charge in [0, 0.05) is 25.7 Å². The van der Waals surface area contributed by atoms with Gasteiger partial charge in [0.05, 0.1) is 18.2 Å². The predicted molar refractivity (Wildman–Crippen MR) is 112 cm³/mol. The van der Waals surface area contributed by atoms with Crippen LogP contribution < -0.4 is 10.6 Å². The Balaban J connectivity index is 0.00000210. The van der Waals surface area contributed by atoms with Crippen LogP contribution in [-0.4, -0.2) is 52.4 Å². The fourth-order valence-corrected chi connectivity index (χ4v) is 3.50. The number of hydrogen-bond donors (Lipinski definition) is 2. The summed E-state index contributed by atoms with van der Waals surface area (Å²) >= 11 is 0. The molecule has 146 valence electrons. The molecule has 2 fully saturated rings. The zero-order valence-electron chi connectivity index (χ0n) is 15.3. The summed E-state index contributed by atoms with van der Waals surface area (Å²) in [4.78, 5) is 13.2. The number of ether oxygens (including phenoxy) is 1. The lowest BCUT2D eigenvalue weighted by Gasteiger charge is -2.22. The van der Waals surface area contributed by atoms with Crippen molar-refractivity contribution in [1.29, 1.82) is 0 Å². The third-order valence-corrected chi connectivity index (χ3v) is 4.73. The molecule has 8 nitrogen and oxygen atoms in total. The van der Waals surface area contributed by atoms with Crippen LogP contribution in [-0.2, 0) is 11.2 Å². The van der Waals surface area contributed by atoms with Crippen molar-refractivity contribution in [2.75, 3.05) is 13.1 Å². The first-order valence-corrected chi connectivity index (χ1v) is 9.26. The van der Waals surface area contributed by atoms with Crippen molar-refractivity contribution < 1.29 is 9.26 Å². The van der Waals surface area contributed by atoms with Crippen LogP contribution in [0, 0.1) is 0 Å². The van der Waals surface area contributed by atoms with Crippen LogP contribution in [0.2, 0.25) is 0 Å². The zero-order chi connectivity index (χ0) is 17.8. The van der Waals surface area contributed by atoms with Gasteiger partial charge in [-0.1, -0.05) is 11.2 Å². The normalized spacial score (nSPS) is 23.9. The summed E-state index contributed by atoms with van der Waals surface area (Å²) in [5, 5.41) is 10.8. The van der Waals surface area contributed by atoms with Gasteiger partial charge in [0.2, 0.25) is 0 Å². The smallest absolute Gasteiger partial charge is 0.276 e. The molecule has 0 amide bonds. The molecule has 2 aliphatic rings. The Bertz CT molecular complexity index is 753. The molecule has 3 atom stereocenters. The van der Waals surface area contributed by atoms with Crippen LogP contribution in [0.3, 0.4) is 0 Å². The second-order valence-electron chi connectivity index (χ2n) is 6.60. The van der Waals surface area contributed by atoms with E-state index in [2.05, 4.69) is 37.7 Å². The van der Waals surface area contributed by atoms with Gasteiger partial charge in [-0.3, -0.25) is 9.98 Å². The van der Waals surface area contributed by atoms with Gasteiger partial charge in [-0.2, -0.15) is 4.98 Å². The summed E-state index contributed by atoms with van der Waals surface area (Å²) in [7, 11) is 0. The average molecular weight is 484 g/mol. The third kappa shape index (κ3) is 4.95. The van der Waals surface area contributed by atoms with Crippen molar-refractivity contribution in [3.8, 4) is 11.6 Å². The van der Waals surface area contributed by atoms with Gasteiger partial charge in [-0.15, -0.1) is 24.0 Å². The third-order valence-electron chi connectivity index (χ3n) is 4.73. The minimum Gasteiger partial charge on any atom is -0.373 e. The summed E-state index contributed by atoms with van der Waals surface area (Å²) in [6.07, 6.45) is 6.45. The SMILES string of the molecule is CCNC(=NCCc1noc(-c2ccccn2)n1)NC1CC2CCC1O2.I. The summed E-state index contributed by atoms with van der Waals surface area (Å²) < 4.78 is 11.2. The van der Waals surface area contributed by atoms with Gasteiger partial charge in [-0.25, -0.2) is 0 Å². The molecule has 0 radical (unpaired) electrons. The molecule has 2 bridgehead atoms. The predicted octanol–water partition coefficient (Wildman–Crippen LogP) is 2.17. The maximum absolute atomic E-state index is 5.90. The van der Waals surface area contributed by atoms with Crippen molar-refractivity contribution >= 4 is 29.9 Å². The number of pyridine rings is 1. The highest BCUT2D eigenvalue weighted by Crippen LogP contribution is 2.34. The Morgan fingerprint density at radius 3 is 2.96 bits per heavy atom. The van der Waals surface area contributed by atoms with Crippen LogP contribution in [0.4, 0.5) is 0 Å². The Kier molecular flexibility index (Phi) is 7.00. The number of nitrogens with zero attached hydrogens (tertiary/aromatic N) is 4. The van der Waals surface area contributed by atoms with Crippen LogP contribution in [0.5, 0.6) is 0 Å². The number of aliphatic imine (C=N–C) groups is 1. The number of aromatic nitrogens is 3. The molecule has 4 heterocycles. The molecule has 2 aromatic rings. The molecule has 27 heavy (non-hydrogen) atoms. The van der Waals surface area contributed by atoms with Gasteiger partial charge in [0.15, 0.2) is 11.8 Å². The molecule has 0 aromatic carbocycles. The lowest BCUT2D eigenvalue weighted by Crippen LogP contribution is -2.47. The van der Waals surface area contributed by atoms with Gasteiger partial charge in [0.25, 0.3) is 5.89 Å². The first kappa shape index (κ1) is 20.0. The first-order valence-electron chi connectivity index (χ1n) is 9.26. The molecule has 2 aliphatic heterocycles. The van der Waals surface area contributed by atoms with Crippen molar-refractivity contribution in [3.63, 3.8) is 0 Å². The fourth-order valence-electron chi connectivity index (χ4n) is 3.50. The number of hydrogen-bond acceptors (Lipinski definition) is 6. The quantitative estimate of drug-likeness (QED) is 0.369. The fraction of sp³-hybridized carbons (Fsp3) is 0.556. The molecule has 4 rings (SSSR count). The largest absolute Gasteiger partial charge is 0.373 e. The van der Waals surface area contributed by atoms with E-state index in [9.17, 15) is 0 Å². The second kappa shape index (κ2) is 9.45. The molecule has 0 aliphatic carbocycles. The number of nitrogens with one attached hydrogen (secondary N) is 2. The highest BCUT2D eigenvalue weighted by molar-refractivity contribution is 14.0. The van der Waals surface area contributed by atoms with E-state index in [0.29, 0.717) is 48.6 Å². The van der Waals surface area contributed by atoms with E-state index in [4.69, 9.17) is 9.26 Å². The number of halogens is 1. The summed E-state index contributed by atoms with van der Waals surface area (Å²) in [5.74, 6) is 1.89. The van der Waals surface area contributed by atoms with Crippen LogP contribution in [0.1, 0.15) is 32.0 Å². The van der Waals surface area contributed by atoms with E-state index in [1.807, 2.05) is 18.2 Å². The first-order chi connectivity index (χ1) is 12.8. The molecule has 2 saturated heterocycles. The van der Waals surface area contributed by atoms with E-state index in [1.165, 1.54) is 6.42 Å². The van der Waals surface area contributed by atoms with E-state index in [1.54, 1.807) is 6.20 Å². The zero-order valence-corrected chi connectivity index (χ0v) is 17.6. The minimum absolute atomic E-state index is 0. The van der Waals surface area contributed by atoms with E-state index in [-0.39, 0.29) is 24.0 Å². The van der Waals surface area contributed by atoms with Crippen molar-refractivity contribution in [1.82, 2.24) is 25.8 Å². The summed E-state index contributed by atoms with van der Waals surface area (Å²) in [5.41, 5.74) is 0.682. The van der Waals surface area contributed by atoms with Gasteiger partial charge in [0.1, 0.15) is 5.69 Å². The topological polar surface area (TPSA) is 97.5 Å². The number of fused-ring (bicyclic) bond motifs is 2. The van der Waals surface area contributed by atoms with Crippen LogP contribution in [0.25, 0.3) is 11.6 Å². The number of rotatable bonds is 6. The maximum atomic E-state index is 5.90. The molecule has 2 N–H and O–H groups in total. The van der Waals surface area contributed by atoms with E-state index >= 15 is 0 Å². The minimum atomic E-state index is 0. The Labute approximate surface area is 175 Å². The average Bonchev–Trinajstić information content (AvgIpc) is 3.39. The van der Waals surface area contributed by atoms with Crippen molar-refractivity contribution in [3.05, 3.63) is 30.2 Å². The molecule has 2 aromatic heterocycles. The number of guanidine groups is 1. The van der Waals surface area contributed by atoms with Crippen LogP contribution in [0.15, 0.2) is 33.9 Å². The highest BCUT2D eigenvalue weighted by atomic mass is 127. The molecular weight excluding hydrogens is 459 g/mol. The lowest BCUT2D eigenvalue weighted by atomic mass is 9.96. The molecule has 3 unspecified atom stereocenters. The highest BCUT2D eigenvalue weighted by Gasteiger charge is 2.41. The van der Waals surface area contributed by atoms with E-state index in [0.717, 1.165) is 25.3 Å². The molecule has 9 heteroatoms. The van der Waals surface area contributed by atoms with Crippen LogP contribution >= 0.6 is 24.0 Å². The Morgan fingerprint density at radius 1 is 1.33 bits per heavy atom. The van der Waals surface area contributed by atoms with Gasteiger partial charge >= 0.3 is 0 Å². The molecule has 0 saturated carbocycles.